The van der Waals surface area contributed by atoms with Crippen molar-refractivity contribution in [1.29, 1.82) is 0 Å². The first-order valence-electron chi connectivity index (χ1n) is 8.38. The van der Waals surface area contributed by atoms with Crippen molar-refractivity contribution in [2.24, 2.45) is 0 Å². The molecule has 7 heteroatoms. The van der Waals surface area contributed by atoms with Crippen LogP contribution in [0.2, 0.25) is 5.02 Å². The molecule has 0 unspecified atom stereocenters. The van der Waals surface area contributed by atoms with Gasteiger partial charge in [-0.05, 0) is 44.2 Å². The molecule has 1 N–H and O–H groups in total. The summed E-state index contributed by atoms with van der Waals surface area (Å²) in [7, 11) is 0. The van der Waals surface area contributed by atoms with Gasteiger partial charge >= 0.3 is 0 Å². The van der Waals surface area contributed by atoms with E-state index in [-0.39, 0.29) is 5.91 Å². The summed E-state index contributed by atoms with van der Waals surface area (Å²) in [6, 6.07) is 9.58. The number of amides is 1. The second kappa shape index (κ2) is 6.78. The highest BCUT2D eigenvalue weighted by Crippen LogP contribution is 2.31. The molecule has 0 aliphatic carbocycles. The van der Waals surface area contributed by atoms with Crippen LogP contribution in [0.15, 0.2) is 30.3 Å². The van der Waals surface area contributed by atoms with Gasteiger partial charge in [-0.2, -0.15) is 5.10 Å². The molecule has 0 saturated carbocycles. The van der Waals surface area contributed by atoms with Crippen LogP contribution >= 0.6 is 22.9 Å². The first kappa shape index (κ1) is 16.6. The molecule has 4 rings (SSSR count). The molecule has 0 spiro atoms. The molecule has 1 aliphatic rings. The number of fused-ring (bicyclic) bond motifs is 1. The number of aryl methyl sites for hydroxylation is 1. The van der Waals surface area contributed by atoms with Crippen molar-refractivity contribution in [3.8, 4) is 5.69 Å². The molecule has 3 aromatic rings. The summed E-state index contributed by atoms with van der Waals surface area (Å²) in [4.78, 5) is 16.6. The Morgan fingerprint density at radius 2 is 2.16 bits per heavy atom. The van der Waals surface area contributed by atoms with Crippen molar-refractivity contribution >= 4 is 39.1 Å². The molecule has 130 valence electrons. The summed E-state index contributed by atoms with van der Waals surface area (Å²) < 4.78 is 1.88. The quantitative estimate of drug-likeness (QED) is 0.747. The number of carbonyl (C=O) groups excluding carboxylic acids is 1. The van der Waals surface area contributed by atoms with Crippen LogP contribution in [-0.4, -0.2) is 46.8 Å². The molecule has 1 fully saturated rings. The topological polar surface area (TPSA) is 50.2 Å². The zero-order valence-corrected chi connectivity index (χ0v) is 15.5. The second-order valence-corrected chi connectivity index (χ2v) is 7.67. The van der Waals surface area contributed by atoms with Gasteiger partial charge in [0.1, 0.15) is 4.83 Å². The molecule has 1 saturated heterocycles. The van der Waals surface area contributed by atoms with E-state index in [1.165, 1.54) is 11.3 Å². The lowest BCUT2D eigenvalue weighted by atomic mass is 10.3. The zero-order chi connectivity index (χ0) is 17.4. The number of rotatable bonds is 2. The number of carbonyl (C=O) groups is 1. The van der Waals surface area contributed by atoms with Crippen LogP contribution in [0.5, 0.6) is 0 Å². The van der Waals surface area contributed by atoms with Crippen LogP contribution in [0.1, 0.15) is 21.8 Å². The van der Waals surface area contributed by atoms with Crippen LogP contribution in [0.4, 0.5) is 0 Å². The van der Waals surface area contributed by atoms with Crippen molar-refractivity contribution in [3.05, 3.63) is 45.9 Å². The summed E-state index contributed by atoms with van der Waals surface area (Å²) in [5.41, 5.74) is 1.83. The Balaban J connectivity index is 1.73. The SMILES string of the molecule is Cc1nn(-c2cccc(Cl)c2)c2sc(C(=O)N3CCCNCC3)cc12. The molecule has 0 bridgehead atoms. The van der Waals surface area contributed by atoms with E-state index in [1.807, 2.05) is 46.8 Å². The third-order valence-corrected chi connectivity index (χ3v) is 5.77. The summed E-state index contributed by atoms with van der Waals surface area (Å²) in [5.74, 6) is 0.113. The van der Waals surface area contributed by atoms with Gasteiger partial charge in [0.15, 0.2) is 0 Å². The fourth-order valence-corrected chi connectivity index (χ4v) is 4.48. The highest BCUT2D eigenvalue weighted by Gasteiger charge is 2.22. The lowest BCUT2D eigenvalue weighted by Gasteiger charge is -2.18. The second-order valence-electron chi connectivity index (χ2n) is 6.20. The highest BCUT2D eigenvalue weighted by atomic mass is 35.5. The maximum atomic E-state index is 12.9. The number of halogens is 1. The minimum atomic E-state index is 0.113. The van der Waals surface area contributed by atoms with E-state index in [0.29, 0.717) is 5.02 Å². The molecule has 1 aromatic carbocycles. The Labute approximate surface area is 155 Å². The van der Waals surface area contributed by atoms with Crippen LogP contribution < -0.4 is 5.32 Å². The Morgan fingerprint density at radius 3 is 3.00 bits per heavy atom. The van der Waals surface area contributed by atoms with E-state index in [9.17, 15) is 4.79 Å². The molecule has 1 aliphatic heterocycles. The van der Waals surface area contributed by atoms with E-state index in [2.05, 4.69) is 10.4 Å². The van der Waals surface area contributed by atoms with Gasteiger partial charge in [-0.1, -0.05) is 17.7 Å². The third-order valence-electron chi connectivity index (χ3n) is 4.44. The zero-order valence-electron chi connectivity index (χ0n) is 14.0. The molecular weight excluding hydrogens is 356 g/mol. The largest absolute Gasteiger partial charge is 0.337 e. The fourth-order valence-electron chi connectivity index (χ4n) is 3.14. The van der Waals surface area contributed by atoms with Gasteiger partial charge in [0.05, 0.1) is 16.3 Å². The summed E-state index contributed by atoms with van der Waals surface area (Å²) in [6.07, 6.45) is 0.992. The Kier molecular flexibility index (Phi) is 4.50. The number of aromatic nitrogens is 2. The van der Waals surface area contributed by atoms with E-state index in [4.69, 9.17) is 11.6 Å². The molecule has 2 aromatic heterocycles. The van der Waals surface area contributed by atoms with Gasteiger partial charge < -0.3 is 10.2 Å². The number of benzene rings is 1. The fraction of sp³-hybridized carbons (Fsp3) is 0.333. The van der Waals surface area contributed by atoms with Crippen molar-refractivity contribution < 1.29 is 4.79 Å². The summed E-state index contributed by atoms with van der Waals surface area (Å²) in [5, 5.41) is 9.65. The average molecular weight is 375 g/mol. The molecule has 1 amide bonds. The minimum Gasteiger partial charge on any atom is -0.337 e. The minimum absolute atomic E-state index is 0.113. The Bertz CT molecular complexity index is 924. The smallest absolute Gasteiger partial charge is 0.264 e. The number of nitrogens with one attached hydrogen (secondary N) is 1. The molecule has 3 heterocycles. The van der Waals surface area contributed by atoms with Gasteiger partial charge in [-0.25, -0.2) is 4.68 Å². The van der Waals surface area contributed by atoms with Gasteiger partial charge in [0.2, 0.25) is 0 Å². The van der Waals surface area contributed by atoms with Crippen LogP contribution in [0.25, 0.3) is 15.9 Å². The van der Waals surface area contributed by atoms with Gasteiger partial charge in [0, 0.05) is 30.0 Å². The average Bonchev–Trinajstić information content (AvgIpc) is 3.03. The predicted molar refractivity (Wildman–Crippen MR) is 102 cm³/mol. The van der Waals surface area contributed by atoms with E-state index in [0.717, 1.165) is 59.1 Å². The lowest BCUT2D eigenvalue weighted by Crippen LogP contribution is -2.33. The van der Waals surface area contributed by atoms with Crippen LogP contribution in [0, 0.1) is 6.92 Å². The Hall–Kier alpha value is -1.89. The van der Waals surface area contributed by atoms with Gasteiger partial charge in [-0.3, -0.25) is 4.79 Å². The molecule has 5 nitrogen and oxygen atoms in total. The Morgan fingerprint density at radius 1 is 1.28 bits per heavy atom. The molecule has 25 heavy (non-hydrogen) atoms. The number of nitrogens with zero attached hydrogens (tertiary/aromatic N) is 3. The van der Waals surface area contributed by atoms with Gasteiger partial charge in [-0.15, -0.1) is 11.3 Å². The van der Waals surface area contributed by atoms with Crippen molar-refractivity contribution in [2.75, 3.05) is 26.2 Å². The van der Waals surface area contributed by atoms with E-state index < -0.39 is 0 Å². The molecule has 0 radical (unpaired) electrons. The normalized spacial score (nSPS) is 15.5. The number of thiophene rings is 1. The lowest BCUT2D eigenvalue weighted by molar-refractivity contribution is 0.0771. The predicted octanol–water partition coefficient (Wildman–Crippen LogP) is 3.48. The van der Waals surface area contributed by atoms with Crippen molar-refractivity contribution in [3.63, 3.8) is 0 Å². The number of hydrogen-bond donors (Lipinski definition) is 1. The maximum Gasteiger partial charge on any atom is 0.264 e. The van der Waals surface area contributed by atoms with E-state index in [1.54, 1.807) is 0 Å². The van der Waals surface area contributed by atoms with Crippen molar-refractivity contribution in [2.45, 2.75) is 13.3 Å². The number of hydrogen-bond acceptors (Lipinski definition) is 4. The summed E-state index contributed by atoms with van der Waals surface area (Å²) >= 11 is 7.62. The van der Waals surface area contributed by atoms with Gasteiger partial charge in [0.25, 0.3) is 5.91 Å². The standard InChI is InChI=1S/C18H19ClN4OS/c1-12-15-11-16(17(24)22-8-3-6-20-7-9-22)25-18(15)23(21-12)14-5-2-4-13(19)10-14/h2,4-5,10-11,20H,3,6-9H2,1H3. The van der Waals surface area contributed by atoms with Crippen LogP contribution in [0.3, 0.4) is 0 Å². The first-order chi connectivity index (χ1) is 12.1. The third kappa shape index (κ3) is 3.17. The monoisotopic (exact) mass is 374 g/mol. The highest BCUT2D eigenvalue weighted by molar-refractivity contribution is 7.20. The summed E-state index contributed by atoms with van der Waals surface area (Å²) in [6.45, 7) is 5.36. The maximum absolute atomic E-state index is 12.9. The van der Waals surface area contributed by atoms with E-state index >= 15 is 0 Å². The molecular formula is C18H19ClN4OS. The first-order valence-corrected chi connectivity index (χ1v) is 9.58. The van der Waals surface area contributed by atoms with Crippen molar-refractivity contribution in [1.82, 2.24) is 20.0 Å². The van der Waals surface area contributed by atoms with Crippen LogP contribution in [-0.2, 0) is 0 Å². The molecule has 0 atom stereocenters.